The first-order valence-corrected chi connectivity index (χ1v) is 12.3. The van der Waals surface area contributed by atoms with E-state index in [1.54, 1.807) is 36.5 Å². The van der Waals surface area contributed by atoms with Crippen LogP contribution in [0.25, 0.3) is 0 Å². The molecule has 0 unspecified atom stereocenters. The van der Waals surface area contributed by atoms with Gasteiger partial charge in [-0.1, -0.05) is 38.3 Å². The molecule has 0 aliphatic heterocycles. The number of carbonyl (C=O) groups is 2. The van der Waals surface area contributed by atoms with Crippen LogP contribution in [-0.2, 0) is 16.0 Å². The van der Waals surface area contributed by atoms with Crippen LogP contribution < -0.4 is 14.8 Å². The van der Waals surface area contributed by atoms with Gasteiger partial charge in [0.25, 0.3) is 0 Å². The van der Waals surface area contributed by atoms with Gasteiger partial charge in [0, 0.05) is 17.5 Å². The normalized spacial score (nSPS) is 14.7. The molecule has 0 radical (unpaired) electrons. The maximum atomic E-state index is 13.6. The molecular formula is C25H34N2O4S. The molecule has 3 rings (SSSR count). The minimum atomic E-state index is -0.714. The van der Waals surface area contributed by atoms with E-state index in [1.807, 2.05) is 29.6 Å². The van der Waals surface area contributed by atoms with E-state index in [0.29, 0.717) is 24.5 Å². The lowest BCUT2D eigenvalue weighted by Crippen LogP contribution is -2.47. The molecule has 1 saturated carbocycles. The van der Waals surface area contributed by atoms with Gasteiger partial charge >= 0.3 is 0 Å². The minimum absolute atomic E-state index is 0.0396. The molecule has 0 bridgehead atoms. The van der Waals surface area contributed by atoms with Crippen LogP contribution in [0.15, 0.2) is 35.7 Å². The summed E-state index contributed by atoms with van der Waals surface area (Å²) < 4.78 is 10.9. The summed E-state index contributed by atoms with van der Waals surface area (Å²) in [6, 6.07) is 8.84. The number of ether oxygens (including phenoxy) is 2. The molecule has 174 valence electrons. The second kappa shape index (κ2) is 11.9. The average molecular weight is 459 g/mol. The molecule has 7 heteroatoms. The first-order chi connectivity index (χ1) is 15.6. The van der Waals surface area contributed by atoms with Gasteiger partial charge < -0.3 is 19.7 Å². The van der Waals surface area contributed by atoms with E-state index >= 15 is 0 Å². The molecule has 32 heavy (non-hydrogen) atoms. The zero-order valence-corrected chi connectivity index (χ0v) is 20.1. The summed E-state index contributed by atoms with van der Waals surface area (Å²) in [6.07, 6.45) is 6.29. The maximum absolute atomic E-state index is 13.6. The van der Waals surface area contributed by atoms with Crippen LogP contribution in [0.4, 0.5) is 0 Å². The molecule has 1 aromatic heterocycles. The topological polar surface area (TPSA) is 67.9 Å². The predicted octanol–water partition coefficient (Wildman–Crippen LogP) is 4.74. The average Bonchev–Trinajstić information content (AvgIpc) is 3.50. The summed E-state index contributed by atoms with van der Waals surface area (Å²) in [5.41, 5.74) is 0.730. The SMILES string of the molecule is CCCCN(C(=O)Cc1cccs1)[C@@H](C(=O)NC1CCCC1)c1ccc(OC)c(OC)c1. The lowest BCUT2D eigenvalue weighted by atomic mass is 10.0. The van der Waals surface area contributed by atoms with Crippen molar-refractivity contribution in [3.05, 3.63) is 46.2 Å². The second-order valence-corrected chi connectivity index (χ2v) is 9.24. The van der Waals surface area contributed by atoms with Crippen molar-refractivity contribution in [2.24, 2.45) is 0 Å². The van der Waals surface area contributed by atoms with Gasteiger partial charge in [-0.3, -0.25) is 9.59 Å². The molecule has 1 aromatic carbocycles. The summed E-state index contributed by atoms with van der Waals surface area (Å²) >= 11 is 1.56. The van der Waals surface area contributed by atoms with Crippen molar-refractivity contribution in [2.75, 3.05) is 20.8 Å². The van der Waals surface area contributed by atoms with Gasteiger partial charge in [0.1, 0.15) is 6.04 Å². The van der Waals surface area contributed by atoms with Crippen molar-refractivity contribution in [3.8, 4) is 11.5 Å². The fourth-order valence-corrected chi connectivity index (χ4v) is 4.93. The fourth-order valence-electron chi connectivity index (χ4n) is 4.24. The van der Waals surface area contributed by atoms with Crippen molar-refractivity contribution in [3.63, 3.8) is 0 Å². The Morgan fingerprint density at radius 1 is 1.16 bits per heavy atom. The number of methoxy groups -OCH3 is 2. The summed E-state index contributed by atoms with van der Waals surface area (Å²) in [7, 11) is 3.16. The third-order valence-electron chi connectivity index (χ3n) is 5.96. The van der Waals surface area contributed by atoms with Crippen LogP contribution in [-0.4, -0.2) is 43.5 Å². The molecule has 0 saturated heterocycles. The highest BCUT2D eigenvalue weighted by molar-refractivity contribution is 7.10. The van der Waals surface area contributed by atoms with E-state index < -0.39 is 6.04 Å². The molecule has 1 N–H and O–H groups in total. The summed E-state index contributed by atoms with van der Waals surface area (Å²) in [5, 5.41) is 5.18. The first-order valence-electron chi connectivity index (χ1n) is 11.4. The summed E-state index contributed by atoms with van der Waals surface area (Å²) in [5.74, 6) is 0.975. The zero-order valence-electron chi connectivity index (χ0n) is 19.3. The highest BCUT2D eigenvalue weighted by Crippen LogP contribution is 2.33. The summed E-state index contributed by atoms with van der Waals surface area (Å²) in [6.45, 7) is 2.61. The molecule has 2 aromatic rings. The van der Waals surface area contributed by atoms with Crippen molar-refractivity contribution in [1.82, 2.24) is 10.2 Å². The van der Waals surface area contributed by atoms with Crippen LogP contribution in [0, 0.1) is 0 Å². The molecule has 1 heterocycles. The molecule has 2 amide bonds. The van der Waals surface area contributed by atoms with Crippen LogP contribution in [0.1, 0.15) is 61.9 Å². The Balaban J connectivity index is 1.96. The van der Waals surface area contributed by atoms with E-state index in [0.717, 1.165) is 49.0 Å². The third kappa shape index (κ3) is 6.03. The third-order valence-corrected chi connectivity index (χ3v) is 6.84. The Hall–Kier alpha value is -2.54. The van der Waals surface area contributed by atoms with Gasteiger partial charge in [0.05, 0.1) is 20.6 Å². The molecule has 0 spiro atoms. The first kappa shape index (κ1) is 24.1. The second-order valence-electron chi connectivity index (χ2n) is 8.20. The number of rotatable bonds is 11. The standard InChI is InChI=1S/C25H34N2O4S/c1-4-5-14-27(23(28)17-20-11-8-15-32-20)24(25(29)26-19-9-6-7-10-19)18-12-13-21(30-2)22(16-18)31-3/h8,11-13,15-16,19,24H,4-7,9-10,14,17H2,1-3H3,(H,26,29)/t24-/m1/s1. The van der Waals surface area contributed by atoms with Gasteiger partial charge in [-0.15, -0.1) is 11.3 Å². The fraction of sp³-hybridized carbons (Fsp3) is 0.520. The van der Waals surface area contributed by atoms with Gasteiger partial charge in [0.2, 0.25) is 11.8 Å². The Labute approximate surface area is 194 Å². The number of nitrogens with zero attached hydrogens (tertiary/aromatic N) is 1. The molecule has 1 atom stereocenters. The lowest BCUT2D eigenvalue weighted by molar-refractivity contribution is -0.140. The van der Waals surface area contributed by atoms with Gasteiger partial charge in [0.15, 0.2) is 11.5 Å². The Bertz CT molecular complexity index is 878. The predicted molar refractivity (Wildman–Crippen MR) is 127 cm³/mol. The molecule has 1 aliphatic carbocycles. The van der Waals surface area contributed by atoms with E-state index in [4.69, 9.17) is 9.47 Å². The van der Waals surface area contributed by atoms with Crippen LogP contribution in [0.2, 0.25) is 0 Å². The number of amides is 2. The van der Waals surface area contributed by atoms with Crippen molar-refractivity contribution in [1.29, 1.82) is 0 Å². The number of hydrogen-bond acceptors (Lipinski definition) is 5. The smallest absolute Gasteiger partial charge is 0.247 e. The Morgan fingerprint density at radius 3 is 2.53 bits per heavy atom. The Kier molecular flexibility index (Phi) is 8.97. The van der Waals surface area contributed by atoms with Crippen LogP contribution >= 0.6 is 11.3 Å². The monoisotopic (exact) mass is 458 g/mol. The van der Waals surface area contributed by atoms with Crippen LogP contribution in [0.3, 0.4) is 0 Å². The number of unbranched alkanes of at least 4 members (excludes halogenated alkanes) is 1. The van der Waals surface area contributed by atoms with Gasteiger partial charge in [-0.2, -0.15) is 0 Å². The number of benzene rings is 1. The van der Waals surface area contributed by atoms with Crippen molar-refractivity contribution >= 4 is 23.2 Å². The zero-order chi connectivity index (χ0) is 22.9. The lowest BCUT2D eigenvalue weighted by Gasteiger charge is -2.32. The van der Waals surface area contributed by atoms with E-state index in [-0.39, 0.29) is 17.9 Å². The molecule has 6 nitrogen and oxygen atoms in total. The van der Waals surface area contributed by atoms with Crippen molar-refractivity contribution < 1.29 is 19.1 Å². The van der Waals surface area contributed by atoms with E-state index in [1.165, 1.54) is 0 Å². The maximum Gasteiger partial charge on any atom is 0.247 e. The number of carbonyl (C=O) groups excluding carboxylic acids is 2. The van der Waals surface area contributed by atoms with Crippen molar-refractivity contribution in [2.45, 2.75) is 64.0 Å². The molecular weight excluding hydrogens is 424 g/mol. The summed E-state index contributed by atoms with van der Waals surface area (Å²) in [4.78, 5) is 29.8. The van der Waals surface area contributed by atoms with Crippen LogP contribution in [0.5, 0.6) is 11.5 Å². The number of thiophene rings is 1. The number of hydrogen-bond donors (Lipinski definition) is 1. The number of nitrogens with one attached hydrogen (secondary N) is 1. The van der Waals surface area contributed by atoms with Gasteiger partial charge in [-0.05, 0) is 48.4 Å². The molecule has 1 aliphatic rings. The Morgan fingerprint density at radius 2 is 1.91 bits per heavy atom. The largest absolute Gasteiger partial charge is 0.493 e. The highest BCUT2D eigenvalue weighted by Gasteiger charge is 2.33. The quantitative estimate of drug-likeness (QED) is 0.528. The van der Waals surface area contributed by atoms with E-state index in [2.05, 4.69) is 12.2 Å². The molecule has 1 fully saturated rings. The van der Waals surface area contributed by atoms with Gasteiger partial charge in [-0.25, -0.2) is 0 Å². The minimum Gasteiger partial charge on any atom is -0.493 e. The van der Waals surface area contributed by atoms with E-state index in [9.17, 15) is 9.59 Å². The highest BCUT2D eigenvalue weighted by atomic mass is 32.1.